The number of hydrogen-bond acceptors (Lipinski definition) is 3. The van der Waals surface area contributed by atoms with E-state index in [1.807, 2.05) is 72.5 Å². The number of benzene rings is 2. The van der Waals surface area contributed by atoms with Crippen LogP contribution in [-0.2, 0) is 11.2 Å². The SMILES string of the molecule is Cc1cc(C(=O)N2CCCC(C(=O)Cc3ccccc3)C2)c2ccccc2n1. The lowest BCUT2D eigenvalue weighted by Crippen LogP contribution is -2.42. The number of piperidine rings is 1. The highest BCUT2D eigenvalue weighted by atomic mass is 16.2. The number of para-hydroxylation sites is 1. The van der Waals surface area contributed by atoms with E-state index in [9.17, 15) is 9.59 Å². The Morgan fingerprint density at radius 1 is 1.07 bits per heavy atom. The Bertz CT molecular complexity index is 1010. The topological polar surface area (TPSA) is 50.3 Å². The molecule has 0 radical (unpaired) electrons. The third kappa shape index (κ3) is 3.81. The third-order valence-electron chi connectivity index (χ3n) is 5.46. The van der Waals surface area contributed by atoms with Crippen LogP contribution in [-0.4, -0.2) is 34.7 Å². The molecule has 0 spiro atoms. The summed E-state index contributed by atoms with van der Waals surface area (Å²) in [6.07, 6.45) is 2.15. The lowest BCUT2D eigenvalue weighted by atomic mass is 9.90. The average molecular weight is 372 g/mol. The molecule has 1 aromatic heterocycles. The summed E-state index contributed by atoms with van der Waals surface area (Å²) >= 11 is 0. The van der Waals surface area contributed by atoms with Gasteiger partial charge in [-0.05, 0) is 37.5 Å². The number of ketones is 1. The minimum atomic E-state index is -0.0906. The van der Waals surface area contributed by atoms with Crippen LogP contribution in [0.25, 0.3) is 10.9 Å². The molecule has 1 aliphatic rings. The smallest absolute Gasteiger partial charge is 0.254 e. The number of aromatic nitrogens is 1. The number of likely N-dealkylation sites (tertiary alicyclic amines) is 1. The zero-order valence-electron chi connectivity index (χ0n) is 16.1. The highest BCUT2D eigenvalue weighted by Crippen LogP contribution is 2.24. The van der Waals surface area contributed by atoms with Crippen molar-refractivity contribution in [3.63, 3.8) is 0 Å². The van der Waals surface area contributed by atoms with Crippen LogP contribution >= 0.6 is 0 Å². The lowest BCUT2D eigenvalue weighted by Gasteiger charge is -2.32. The number of amides is 1. The number of pyridine rings is 1. The molecule has 142 valence electrons. The second-order valence-corrected chi connectivity index (χ2v) is 7.55. The Labute approximate surface area is 165 Å². The van der Waals surface area contributed by atoms with Crippen LogP contribution in [0.1, 0.15) is 34.5 Å². The first kappa shape index (κ1) is 18.4. The van der Waals surface area contributed by atoms with Crippen LogP contribution in [0.3, 0.4) is 0 Å². The van der Waals surface area contributed by atoms with Crippen LogP contribution in [0.4, 0.5) is 0 Å². The highest BCUT2D eigenvalue weighted by molar-refractivity contribution is 6.06. The number of nitrogens with zero attached hydrogens (tertiary/aromatic N) is 2. The maximum atomic E-state index is 13.3. The van der Waals surface area contributed by atoms with Crippen molar-refractivity contribution >= 4 is 22.6 Å². The van der Waals surface area contributed by atoms with Gasteiger partial charge in [-0.3, -0.25) is 14.6 Å². The molecule has 0 N–H and O–H groups in total. The van der Waals surface area contributed by atoms with Crippen molar-refractivity contribution in [2.75, 3.05) is 13.1 Å². The number of rotatable bonds is 4. The molecule has 4 rings (SSSR count). The monoisotopic (exact) mass is 372 g/mol. The summed E-state index contributed by atoms with van der Waals surface area (Å²) in [6.45, 7) is 3.11. The van der Waals surface area contributed by atoms with E-state index in [1.165, 1.54) is 0 Å². The van der Waals surface area contributed by atoms with Crippen LogP contribution < -0.4 is 0 Å². The van der Waals surface area contributed by atoms with E-state index in [0.29, 0.717) is 25.1 Å². The van der Waals surface area contributed by atoms with E-state index in [-0.39, 0.29) is 17.6 Å². The largest absolute Gasteiger partial charge is 0.338 e. The predicted molar refractivity (Wildman–Crippen MR) is 110 cm³/mol. The van der Waals surface area contributed by atoms with Gasteiger partial charge >= 0.3 is 0 Å². The molecule has 4 nitrogen and oxygen atoms in total. The van der Waals surface area contributed by atoms with Crippen LogP contribution in [0.15, 0.2) is 60.7 Å². The zero-order valence-corrected chi connectivity index (χ0v) is 16.1. The van der Waals surface area contributed by atoms with Gasteiger partial charge in [-0.25, -0.2) is 0 Å². The lowest BCUT2D eigenvalue weighted by molar-refractivity contribution is -0.123. The van der Waals surface area contributed by atoms with Gasteiger partial charge in [0.05, 0.1) is 11.1 Å². The molecule has 0 aliphatic carbocycles. The summed E-state index contributed by atoms with van der Waals surface area (Å²) in [4.78, 5) is 32.4. The van der Waals surface area contributed by atoms with Gasteiger partial charge < -0.3 is 4.90 Å². The zero-order chi connectivity index (χ0) is 19.5. The van der Waals surface area contributed by atoms with Gasteiger partial charge in [0.1, 0.15) is 5.78 Å². The molecule has 1 amide bonds. The van der Waals surface area contributed by atoms with Crippen molar-refractivity contribution in [2.45, 2.75) is 26.2 Å². The molecular formula is C24H24N2O2. The van der Waals surface area contributed by atoms with E-state index in [2.05, 4.69) is 4.98 Å². The van der Waals surface area contributed by atoms with E-state index in [0.717, 1.165) is 35.0 Å². The number of aryl methyl sites for hydroxylation is 1. The van der Waals surface area contributed by atoms with Crippen molar-refractivity contribution in [3.8, 4) is 0 Å². The summed E-state index contributed by atoms with van der Waals surface area (Å²) in [7, 11) is 0. The molecule has 2 heterocycles. The molecule has 3 aromatic rings. The molecule has 1 aliphatic heterocycles. The molecular weight excluding hydrogens is 348 g/mol. The predicted octanol–water partition coefficient (Wildman–Crippen LogP) is 4.21. The molecule has 1 atom stereocenters. The fraction of sp³-hybridized carbons (Fsp3) is 0.292. The van der Waals surface area contributed by atoms with E-state index >= 15 is 0 Å². The van der Waals surface area contributed by atoms with Gasteiger partial charge in [-0.2, -0.15) is 0 Å². The minimum absolute atomic E-state index is 0.00101. The third-order valence-corrected chi connectivity index (χ3v) is 5.46. The molecule has 0 bridgehead atoms. The Morgan fingerprint density at radius 2 is 1.82 bits per heavy atom. The number of carbonyl (C=O) groups is 2. The van der Waals surface area contributed by atoms with Crippen LogP contribution in [0, 0.1) is 12.8 Å². The van der Waals surface area contributed by atoms with Crippen LogP contribution in [0.2, 0.25) is 0 Å². The van der Waals surface area contributed by atoms with Crippen molar-refractivity contribution in [1.29, 1.82) is 0 Å². The minimum Gasteiger partial charge on any atom is -0.338 e. The second kappa shape index (κ2) is 7.93. The van der Waals surface area contributed by atoms with Crippen molar-refractivity contribution < 1.29 is 9.59 Å². The number of hydrogen-bond donors (Lipinski definition) is 0. The summed E-state index contributed by atoms with van der Waals surface area (Å²) in [5.41, 5.74) is 3.38. The number of fused-ring (bicyclic) bond motifs is 1. The fourth-order valence-corrected chi connectivity index (χ4v) is 4.02. The van der Waals surface area contributed by atoms with Crippen LogP contribution in [0.5, 0.6) is 0 Å². The van der Waals surface area contributed by atoms with Crippen molar-refractivity contribution in [2.24, 2.45) is 5.92 Å². The van der Waals surface area contributed by atoms with Gasteiger partial charge in [0.2, 0.25) is 0 Å². The summed E-state index contributed by atoms with van der Waals surface area (Å²) in [6, 6.07) is 19.4. The van der Waals surface area contributed by atoms with E-state index in [1.54, 1.807) is 0 Å². The first-order valence-corrected chi connectivity index (χ1v) is 9.84. The molecule has 1 unspecified atom stereocenters. The molecule has 4 heteroatoms. The summed E-state index contributed by atoms with van der Waals surface area (Å²) in [5, 5.41) is 0.871. The maximum Gasteiger partial charge on any atom is 0.254 e. The van der Waals surface area contributed by atoms with Gasteiger partial charge in [-0.15, -0.1) is 0 Å². The summed E-state index contributed by atoms with van der Waals surface area (Å²) in [5.74, 6) is 0.130. The van der Waals surface area contributed by atoms with Gasteiger partial charge in [0.15, 0.2) is 0 Å². The van der Waals surface area contributed by atoms with Crippen molar-refractivity contribution in [3.05, 3.63) is 77.5 Å². The van der Waals surface area contributed by atoms with Gasteiger partial charge in [-0.1, -0.05) is 48.5 Å². The second-order valence-electron chi connectivity index (χ2n) is 7.55. The molecule has 28 heavy (non-hydrogen) atoms. The summed E-state index contributed by atoms with van der Waals surface area (Å²) < 4.78 is 0. The quantitative estimate of drug-likeness (QED) is 0.689. The molecule has 1 fully saturated rings. The van der Waals surface area contributed by atoms with E-state index in [4.69, 9.17) is 0 Å². The first-order valence-electron chi connectivity index (χ1n) is 9.84. The molecule has 1 saturated heterocycles. The fourth-order valence-electron chi connectivity index (χ4n) is 4.02. The van der Waals surface area contributed by atoms with Gasteiger partial charge in [0, 0.05) is 36.5 Å². The number of carbonyl (C=O) groups excluding carboxylic acids is 2. The van der Waals surface area contributed by atoms with Gasteiger partial charge in [0.25, 0.3) is 5.91 Å². The standard InChI is InChI=1S/C24H24N2O2/c1-17-14-21(20-11-5-6-12-22(20)25-17)24(28)26-13-7-10-19(16-26)23(27)15-18-8-3-2-4-9-18/h2-6,8-9,11-12,14,19H,7,10,13,15-16H2,1H3. The average Bonchev–Trinajstić information content (AvgIpc) is 2.73. The Balaban J connectivity index is 1.53. The molecule has 2 aromatic carbocycles. The Kier molecular flexibility index (Phi) is 5.20. The maximum absolute atomic E-state index is 13.3. The first-order chi connectivity index (χ1) is 13.6. The molecule has 0 saturated carbocycles. The van der Waals surface area contributed by atoms with E-state index < -0.39 is 0 Å². The highest BCUT2D eigenvalue weighted by Gasteiger charge is 2.29. The normalized spacial score (nSPS) is 16.9. The Morgan fingerprint density at radius 3 is 2.64 bits per heavy atom. The van der Waals surface area contributed by atoms with Crippen molar-refractivity contribution in [1.82, 2.24) is 9.88 Å². The Hall–Kier alpha value is -3.01. The number of Topliss-reactive ketones (excluding diaryl/α,β-unsaturated/α-hetero) is 1.